The molecule has 1 aliphatic heterocycles. The van der Waals surface area contributed by atoms with Gasteiger partial charge in [0.05, 0.1) is 0 Å². The zero-order valence-corrected chi connectivity index (χ0v) is 6.42. The molecule has 2 rings (SSSR count). The van der Waals surface area contributed by atoms with Crippen LogP contribution in [0.4, 0.5) is 0 Å². The van der Waals surface area contributed by atoms with Gasteiger partial charge in [-0.05, 0) is 31.2 Å². The molecule has 1 saturated carbocycles. The van der Waals surface area contributed by atoms with Crippen LogP contribution in [-0.4, -0.2) is 23.7 Å². The van der Waals surface area contributed by atoms with Crippen molar-refractivity contribution < 1.29 is 9.90 Å². The largest absolute Gasteiger partial charge is 0.480 e. The molecule has 0 unspecified atom stereocenters. The minimum atomic E-state index is -0.667. The van der Waals surface area contributed by atoms with Crippen molar-refractivity contribution in [3.05, 3.63) is 0 Å². The lowest BCUT2D eigenvalue weighted by Crippen LogP contribution is -2.35. The molecule has 3 atom stereocenters. The SMILES string of the molecule is O=C(O)[C@@H]1NC[C@H]2CCC[C@@H]21. The highest BCUT2D eigenvalue weighted by Gasteiger charge is 2.42. The van der Waals surface area contributed by atoms with Gasteiger partial charge in [0.1, 0.15) is 6.04 Å². The number of hydrogen-bond acceptors (Lipinski definition) is 2. The Hall–Kier alpha value is -0.570. The van der Waals surface area contributed by atoms with Crippen molar-refractivity contribution in [2.24, 2.45) is 11.8 Å². The van der Waals surface area contributed by atoms with Crippen LogP contribution in [0.25, 0.3) is 0 Å². The second-order valence-corrected chi connectivity index (χ2v) is 3.58. The molecule has 2 N–H and O–H groups in total. The molecule has 3 heteroatoms. The van der Waals surface area contributed by atoms with Crippen LogP contribution in [0.3, 0.4) is 0 Å². The first kappa shape index (κ1) is 7.10. The Kier molecular flexibility index (Phi) is 1.60. The molecule has 1 heterocycles. The zero-order valence-electron chi connectivity index (χ0n) is 6.42. The van der Waals surface area contributed by atoms with E-state index in [1.165, 1.54) is 12.8 Å². The highest BCUT2D eigenvalue weighted by molar-refractivity contribution is 5.74. The Labute approximate surface area is 65.8 Å². The minimum absolute atomic E-state index is 0.248. The van der Waals surface area contributed by atoms with Gasteiger partial charge in [-0.15, -0.1) is 0 Å². The summed E-state index contributed by atoms with van der Waals surface area (Å²) < 4.78 is 0. The van der Waals surface area contributed by atoms with Crippen molar-refractivity contribution in [1.82, 2.24) is 5.32 Å². The lowest BCUT2D eigenvalue weighted by molar-refractivity contribution is -0.140. The van der Waals surface area contributed by atoms with Gasteiger partial charge in [0.15, 0.2) is 0 Å². The van der Waals surface area contributed by atoms with Crippen LogP contribution in [0.1, 0.15) is 19.3 Å². The summed E-state index contributed by atoms with van der Waals surface area (Å²) in [5.74, 6) is 0.406. The molecular weight excluding hydrogens is 142 g/mol. The van der Waals surface area contributed by atoms with E-state index in [-0.39, 0.29) is 6.04 Å². The number of carboxylic acid groups (broad SMARTS) is 1. The summed E-state index contributed by atoms with van der Waals surface area (Å²) in [4.78, 5) is 10.7. The number of aliphatic carboxylic acids is 1. The van der Waals surface area contributed by atoms with E-state index in [0.717, 1.165) is 13.0 Å². The van der Waals surface area contributed by atoms with Gasteiger partial charge in [0.25, 0.3) is 0 Å². The van der Waals surface area contributed by atoms with Crippen molar-refractivity contribution in [3.8, 4) is 0 Å². The molecule has 0 amide bonds. The highest BCUT2D eigenvalue weighted by atomic mass is 16.4. The summed E-state index contributed by atoms with van der Waals surface area (Å²) in [7, 11) is 0. The van der Waals surface area contributed by atoms with Gasteiger partial charge in [-0.2, -0.15) is 0 Å². The van der Waals surface area contributed by atoms with E-state index in [2.05, 4.69) is 5.32 Å². The highest BCUT2D eigenvalue weighted by Crippen LogP contribution is 2.37. The number of fused-ring (bicyclic) bond motifs is 1. The van der Waals surface area contributed by atoms with Crippen LogP contribution in [0.5, 0.6) is 0 Å². The smallest absolute Gasteiger partial charge is 0.320 e. The molecule has 1 aliphatic carbocycles. The number of carboxylic acids is 1. The van der Waals surface area contributed by atoms with Gasteiger partial charge in [0, 0.05) is 0 Å². The Bertz CT molecular complexity index is 181. The Balaban J connectivity index is 2.08. The normalized spacial score (nSPS) is 42.4. The summed E-state index contributed by atoms with van der Waals surface area (Å²) in [5.41, 5.74) is 0. The van der Waals surface area contributed by atoms with E-state index in [9.17, 15) is 4.79 Å². The van der Waals surface area contributed by atoms with E-state index >= 15 is 0 Å². The molecule has 0 radical (unpaired) electrons. The fourth-order valence-corrected chi connectivity index (χ4v) is 2.46. The van der Waals surface area contributed by atoms with Crippen LogP contribution in [0.15, 0.2) is 0 Å². The summed E-state index contributed by atoms with van der Waals surface area (Å²) in [6.07, 6.45) is 3.55. The van der Waals surface area contributed by atoms with E-state index in [1.54, 1.807) is 0 Å². The van der Waals surface area contributed by atoms with Gasteiger partial charge in [-0.25, -0.2) is 0 Å². The molecule has 2 fully saturated rings. The van der Waals surface area contributed by atoms with Gasteiger partial charge in [0.2, 0.25) is 0 Å². The van der Waals surface area contributed by atoms with Crippen LogP contribution in [0.2, 0.25) is 0 Å². The quantitative estimate of drug-likeness (QED) is 0.578. The predicted molar refractivity (Wildman–Crippen MR) is 40.3 cm³/mol. The monoisotopic (exact) mass is 155 g/mol. The van der Waals surface area contributed by atoms with Gasteiger partial charge in [-0.1, -0.05) is 6.42 Å². The molecule has 1 saturated heterocycles. The molecule has 0 bridgehead atoms. The fraction of sp³-hybridized carbons (Fsp3) is 0.875. The number of nitrogens with one attached hydrogen (secondary N) is 1. The molecule has 2 aliphatic rings. The Morgan fingerprint density at radius 1 is 1.45 bits per heavy atom. The van der Waals surface area contributed by atoms with Crippen LogP contribution < -0.4 is 5.32 Å². The predicted octanol–water partition coefficient (Wildman–Crippen LogP) is 0.459. The second kappa shape index (κ2) is 2.48. The maximum Gasteiger partial charge on any atom is 0.320 e. The first-order valence-corrected chi connectivity index (χ1v) is 4.25. The van der Waals surface area contributed by atoms with Crippen LogP contribution in [0, 0.1) is 11.8 Å². The molecular formula is C8H13NO2. The van der Waals surface area contributed by atoms with Crippen LogP contribution >= 0.6 is 0 Å². The molecule has 0 aromatic rings. The van der Waals surface area contributed by atoms with Crippen molar-refractivity contribution in [1.29, 1.82) is 0 Å². The first-order valence-electron chi connectivity index (χ1n) is 4.25. The zero-order chi connectivity index (χ0) is 7.84. The van der Waals surface area contributed by atoms with Crippen molar-refractivity contribution in [3.63, 3.8) is 0 Å². The number of hydrogen-bond donors (Lipinski definition) is 2. The molecule has 0 spiro atoms. The van der Waals surface area contributed by atoms with Gasteiger partial charge >= 0.3 is 5.97 Å². The Morgan fingerprint density at radius 3 is 3.00 bits per heavy atom. The third-order valence-corrected chi connectivity index (χ3v) is 3.01. The molecule has 62 valence electrons. The first-order chi connectivity index (χ1) is 5.29. The number of carbonyl (C=O) groups is 1. The molecule has 0 aromatic heterocycles. The lowest BCUT2D eigenvalue weighted by Gasteiger charge is -2.12. The van der Waals surface area contributed by atoms with Crippen molar-refractivity contribution >= 4 is 5.97 Å². The van der Waals surface area contributed by atoms with E-state index < -0.39 is 5.97 Å². The minimum Gasteiger partial charge on any atom is -0.480 e. The van der Waals surface area contributed by atoms with Crippen molar-refractivity contribution in [2.45, 2.75) is 25.3 Å². The van der Waals surface area contributed by atoms with Crippen LogP contribution in [-0.2, 0) is 4.79 Å². The third kappa shape index (κ3) is 1.03. The summed E-state index contributed by atoms with van der Waals surface area (Å²) >= 11 is 0. The van der Waals surface area contributed by atoms with Gasteiger partial charge in [-0.3, -0.25) is 4.79 Å². The maximum atomic E-state index is 10.7. The maximum absolute atomic E-state index is 10.7. The third-order valence-electron chi connectivity index (χ3n) is 3.01. The summed E-state index contributed by atoms with van der Waals surface area (Å²) in [5, 5.41) is 11.9. The average molecular weight is 155 g/mol. The summed E-state index contributed by atoms with van der Waals surface area (Å²) in [6.45, 7) is 0.918. The second-order valence-electron chi connectivity index (χ2n) is 3.58. The Morgan fingerprint density at radius 2 is 2.27 bits per heavy atom. The average Bonchev–Trinajstić information content (AvgIpc) is 2.41. The molecule has 3 nitrogen and oxygen atoms in total. The van der Waals surface area contributed by atoms with E-state index in [4.69, 9.17) is 5.11 Å². The van der Waals surface area contributed by atoms with Crippen molar-refractivity contribution in [2.75, 3.05) is 6.54 Å². The van der Waals surface area contributed by atoms with Gasteiger partial charge < -0.3 is 10.4 Å². The molecule has 0 aromatic carbocycles. The fourth-order valence-electron chi connectivity index (χ4n) is 2.46. The number of rotatable bonds is 1. The lowest BCUT2D eigenvalue weighted by atomic mass is 9.94. The topological polar surface area (TPSA) is 49.3 Å². The summed E-state index contributed by atoms with van der Waals surface area (Å²) in [6, 6.07) is -0.248. The van der Waals surface area contributed by atoms with E-state index in [0.29, 0.717) is 11.8 Å². The molecule has 11 heavy (non-hydrogen) atoms. The standard InChI is InChI=1S/C8H13NO2/c10-8(11)7-6-3-1-2-5(6)4-9-7/h5-7,9H,1-4H2,(H,10,11)/t5-,6+,7-/m1/s1. The van der Waals surface area contributed by atoms with E-state index in [1.807, 2.05) is 0 Å².